The Morgan fingerprint density at radius 3 is 2.89 bits per heavy atom. The van der Waals surface area contributed by atoms with Crippen LogP contribution in [0.2, 0.25) is 5.02 Å². The number of benzene rings is 1. The maximum absolute atomic E-state index is 6.11. The molecule has 19 heavy (non-hydrogen) atoms. The Hall–Kier alpha value is -0.890. The molecular formula is C16H24ClNO. The molecule has 3 heteroatoms. The summed E-state index contributed by atoms with van der Waals surface area (Å²) < 4.78 is 5.80. The Morgan fingerprint density at radius 1 is 1.32 bits per heavy atom. The second-order valence-corrected chi connectivity index (χ2v) is 5.78. The molecule has 2 atom stereocenters. The molecule has 1 N–H and O–H groups in total. The van der Waals surface area contributed by atoms with E-state index in [0.29, 0.717) is 6.04 Å². The van der Waals surface area contributed by atoms with Crippen LogP contribution in [0, 0.1) is 5.92 Å². The van der Waals surface area contributed by atoms with Gasteiger partial charge in [-0.15, -0.1) is 0 Å². The van der Waals surface area contributed by atoms with E-state index in [1.54, 1.807) is 0 Å². The SMILES string of the molecule is CCCOc1ccc(Cl)cc1NC1CCCC1CC. The summed E-state index contributed by atoms with van der Waals surface area (Å²) in [7, 11) is 0. The van der Waals surface area contributed by atoms with Gasteiger partial charge in [-0.05, 0) is 43.4 Å². The highest BCUT2D eigenvalue weighted by atomic mass is 35.5. The predicted octanol–water partition coefficient (Wildman–Crippen LogP) is 5.12. The smallest absolute Gasteiger partial charge is 0.142 e. The van der Waals surface area contributed by atoms with Gasteiger partial charge in [0.1, 0.15) is 5.75 Å². The largest absolute Gasteiger partial charge is 0.491 e. The molecule has 1 aromatic rings. The maximum atomic E-state index is 6.11. The third-order valence-electron chi connectivity index (χ3n) is 3.93. The highest BCUT2D eigenvalue weighted by Crippen LogP contribution is 2.35. The van der Waals surface area contributed by atoms with Crippen molar-refractivity contribution in [1.29, 1.82) is 0 Å². The zero-order valence-corrected chi connectivity index (χ0v) is 12.7. The molecule has 0 spiro atoms. The second kappa shape index (κ2) is 7.04. The summed E-state index contributed by atoms with van der Waals surface area (Å²) in [6.07, 6.45) is 6.16. The molecule has 0 aromatic heterocycles. The quantitative estimate of drug-likeness (QED) is 0.781. The van der Waals surface area contributed by atoms with Gasteiger partial charge in [0.2, 0.25) is 0 Å². The number of ether oxygens (including phenoxy) is 1. The van der Waals surface area contributed by atoms with Crippen molar-refractivity contribution in [3.05, 3.63) is 23.2 Å². The zero-order chi connectivity index (χ0) is 13.7. The summed E-state index contributed by atoms with van der Waals surface area (Å²) in [6, 6.07) is 6.41. The highest BCUT2D eigenvalue weighted by Gasteiger charge is 2.26. The van der Waals surface area contributed by atoms with Crippen LogP contribution in [0.4, 0.5) is 5.69 Å². The summed E-state index contributed by atoms with van der Waals surface area (Å²) in [5.41, 5.74) is 1.05. The van der Waals surface area contributed by atoms with E-state index in [0.717, 1.165) is 35.4 Å². The van der Waals surface area contributed by atoms with Crippen molar-refractivity contribution in [2.24, 2.45) is 5.92 Å². The standard InChI is InChI=1S/C16H24ClNO/c1-3-10-19-16-9-8-13(17)11-15(16)18-14-7-5-6-12(14)4-2/h8-9,11-12,14,18H,3-7,10H2,1-2H3. The van der Waals surface area contributed by atoms with Crippen LogP contribution < -0.4 is 10.1 Å². The first-order valence-corrected chi connectivity index (χ1v) is 7.81. The monoisotopic (exact) mass is 281 g/mol. The number of halogens is 1. The van der Waals surface area contributed by atoms with E-state index in [-0.39, 0.29) is 0 Å². The lowest BCUT2D eigenvalue weighted by Gasteiger charge is -2.22. The topological polar surface area (TPSA) is 21.3 Å². The second-order valence-electron chi connectivity index (χ2n) is 5.34. The summed E-state index contributed by atoms with van der Waals surface area (Å²) >= 11 is 6.11. The van der Waals surface area contributed by atoms with Crippen LogP contribution in [0.15, 0.2) is 18.2 Å². The van der Waals surface area contributed by atoms with Crippen LogP contribution in [-0.4, -0.2) is 12.6 Å². The molecule has 0 saturated heterocycles. The zero-order valence-electron chi connectivity index (χ0n) is 11.9. The average molecular weight is 282 g/mol. The van der Waals surface area contributed by atoms with Crippen molar-refractivity contribution in [2.45, 2.75) is 52.0 Å². The maximum Gasteiger partial charge on any atom is 0.142 e. The van der Waals surface area contributed by atoms with E-state index >= 15 is 0 Å². The fraction of sp³-hybridized carbons (Fsp3) is 0.625. The fourth-order valence-electron chi connectivity index (χ4n) is 2.87. The van der Waals surface area contributed by atoms with Crippen molar-refractivity contribution in [1.82, 2.24) is 0 Å². The summed E-state index contributed by atoms with van der Waals surface area (Å²) in [4.78, 5) is 0. The molecular weight excluding hydrogens is 258 g/mol. The van der Waals surface area contributed by atoms with Crippen LogP contribution in [0.1, 0.15) is 46.0 Å². The number of hydrogen-bond acceptors (Lipinski definition) is 2. The van der Waals surface area contributed by atoms with Gasteiger partial charge >= 0.3 is 0 Å². The molecule has 1 aliphatic rings. The molecule has 2 unspecified atom stereocenters. The highest BCUT2D eigenvalue weighted by molar-refractivity contribution is 6.30. The van der Waals surface area contributed by atoms with Crippen molar-refractivity contribution < 1.29 is 4.74 Å². The van der Waals surface area contributed by atoms with Gasteiger partial charge in [-0.1, -0.05) is 38.3 Å². The Labute approximate surface area is 121 Å². The molecule has 1 aliphatic carbocycles. The lowest BCUT2D eigenvalue weighted by atomic mass is 10.0. The molecule has 106 valence electrons. The first kappa shape index (κ1) is 14.5. The number of rotatable bonds is 6. The van der Waals surface area contributed by atoms with Gasteiger partial charge in [-0.2, -0.15) is 0 Å². The number of nitrogens with one attached hydrogen (secondary N) is 1. The third kappa shape index (κ3) is 3.79. The molecule has 2 nitrogen and oxygen atoms in total. The van der Waals surface area contributed by atoms with E-state index in [1.807, 2.05) is 18.2 Å². The molecule has 0 aliphatic heterocycles. The fourth-order valence-corrected chi connectivity index (χ4v) is 3.04. The van der Waals surface area contributed by atoms with Gasteiger partial charge in [0, 0.05) is 11.1 Å². The van der Waals surface area contributed by atoms with E-state index in [9.17, 15) is 0 Å². The van der Waals surface area contributed by atoms with Crippen LogP contribution in [0.3, 0.4) is 0 Å². The first-order valence-electron chi connectivity index (χ1n) is 7.43. The molecule has 0 radical (unpaired) electrons. The van der Waals surface area contributed by atoms with Gasteiger partial charge in [0.15, 0.2) is 0 Å². The third-order valence-corrected chi connectivity index (χ3v) is 4.16. The van der Waals surface area contributed by atoms with Crippen molar-refractivity contribution in [3.8, 4) is 5.75 Å². The van der Waals surface area contributed by atoms with Gasteiger partial charge in [0.25, 0.3) is 0 Å². The molecule has 1 aromatic carbocycles. The van der Waals surface area contributed by atoms with Crippen molar-refractivity contribution in [2.75, 3.05) is 11.9 Å². The summed E-state index contributed by atoms with van der Waals surface area (Å²) in [5, 5.41) is 4.41. The van der Waals surface area contributed by atoms with E-state index in [4.69, 9.17) is 16.3 Å². The molecule has 1 saturated carbocycles. The van der Waals surface area contributed by atoms with Crippen molar-refractivity contribution >= 4 is 17.3 Å². The van der Waals surface area contributed by atoms with Crippen LogP contribution in [0.25, 0.3) is 0 Å². The van der Waals surface area contributed by atoms with Gasteiger partial charge in [-0.3, -0.25) is 0 Å². The molecule has 0 bridgehead atoms. The van der Waals surface area contributed by atoms with Crippen LogP contribution in [-0.2, 0) is 0 Å². The average Bonchev–Trinajstić information content (AvgIpc) is 2.85. The molecule has 0 amide bonds. The van der Waals surface area contributed by atoms with E-state index in [2.05, 4.69) is 19.2 Å². The van der Waals surface area contributed by atoms with Crippen LogP contribution in [0.5, 0.6) is 5.75 Å². The summed E-state index contributed by atoms with van der Waals surface area (Å²) in [5.74, 6) is 1.70. The number of hydrogen-bond donors (Lipinski definition) is 1. The Kier molecular flexibility index (Phi) is 5.38. The minimum atomic E-state index is 0.562. The Morgan fingerprint density at radius 2 is 2.16 bits per heavy atom. The number of anilines is 1. The minimum absolute atomic E-state index is 0.562. The lowest BCUT2D eigenvalue weighted by molar-refractivity contribution is 0.318. The minimum Gasteiger partial charge on any atom is -0.491 e. The summed E-state index contributed by atoms with van der Waals surface area (Å²) in [6.45, 7) is 5.14. The molecule has 0 heterocycles. The predicted molar refractivity (Wildman–Crippen MR) is 82.3 cm³/mol. The van der Waals surface area contributed by atoms with Gasteiger partial charge in [0.05, 0.1) is 12.3 Å². The van der Waals surface area contributed by atoms with Gasteiger partial charge < -0.3 is 10.1 Å². The normalized spacial score (nSPS) is 22.5. The molecule has 1 fully saturated rings. The lowest BCUT2D eigenvalue weighted by Crippen LogP contribution is -2.23. The van der Waals surface area contributed by atoms with E-state index in [1.165, 1.54) is 25.7 Å². The van der Waals surface area contributed by atoms with Gasteiger partial charge in [-0.25, -0.2) is 0 Å². The Balaban J connectivity index is 2.10. The van der Waals surface area contributed by atoms with E-state index < -0.39 is 0 Å². The Bertz CT molecular complexity index is 408. The van der Waals surface area contributed by atoms with Crippen LogP contribution >= 0.6 is 11.6 Å². The first-order chi connectivity index (χ1) is 9.24. The van der Waals surface area contributed by atoms with Crippen molar-refractivity contribution in [3.63, 3.8) is 0 Å². The molecule has 2 rings (SSSR count).